The minimum Gasteiger partial charge on any atom is -0.411 e. The fraction of sp³-hybridized carbons (Fsp3) is 0.375. The minimum absolute atomic E-state index is 0.106. The standard InChI is InChI=1S/C24H27N3O2S/c1-16-11-17(2)13-21(12-16)23-25-26-24(29-23)30-15-22(28)27(18(3)20-9-10-20)14-19-7-5-4-6-8-19/h4-8,11-13,18,20H,9-10,14-15H2,1-3H3. The Balaban J connectivity index is 1.42. The minimum atomic E-state index is 0.106. The van der Waals surface area contributed by atoms with Gasteiger partial charge < -0.3 is 9.32 Å². The van der Waals surface area contributed by atoms with E-state index in [2.05, 4.69) is 35.3 Å². The molecule has 0 aliphatic heterocycles. The van der Waals surface area contributed by atoms with Crippen LogP contribution < -0.4 is 0 Å². The predicted molar refractivity (Wildman–Crippen MR) is 119 cm³/mol. The number of hydrogen-bond acceptors (Lipinski definition) is 5. The molecule has 1 atom stereocenters. The van der Waals surface area contributed by atoms with Gasteiger partial charge in [0.05, 0.1) is 5.75 Å². The first-order chi connectivity index (χ1) is 14.5. The summed E-state index contributed by atoms with van der Waals surface area (Å²) in [6, 6.07) is 16.6. The van der Waals surface area contributed by atoms with E-state index in [0.29, 0.717) is 29.3 Å². The van der Waals surface area contributed by atoms with Gasteiger partial charge in [-0.05, 0) is 57.2 Å². The van der Waals surface area contributed by atoms with Gasteiger partial charge in [0.15, 0.2) is 0 Å². The van der Waals surface area contributed by atoms with E-state index >= 15 is 0 Å². The summed E-state index contributed by atoms with van der Waals surface area (Å²) >= 11 is 1.31. The second-order valence-electron chi connectivity index (χ2n) is 8.12. The summed E-state index contributed by atoms with van der Waals surface area (Å²) < 4.78 is 5.82. The van der Waals surface area contributed by atoms with E-state index in [1.165, 1.54) is 24.6 Å². The van der Waals surface area contributed by atoms with Crippen molar-refractivity contribution in [1.29, 1.82) is 0 Å². The molecule has 4 rings (SSSR count). The number of hydrogen-bond donors (Lipinski definition) is 0. The molecule has 1 amide bonds. The molecule has 0 spiro atoms. The highest BCUT2D eigenvalue weighted by atomic mass is 32.2. The number of amides is 1. The predicted octanol–water partition coefficient (Wildman–Crippen LogP) is 5.27. The Hall–Kier alpha value is -2.60. The van der Waals surface area contributed by atoms with Crippen molar-refractivity contribution in [2.45, 2.75) is 51.4 Å². The molecule has 0 radical (unpaired) electrons. The van der Waals surface area contributed by atoms with Crippen LogP contribution in [0.1, 0.15) is 36.5 Å². The Bertz CT molecular complexity index is 994. The average molecular weight is 422 g/mol. The number of rotatable bonds is 8. The van der Waals surface area contributed by atoms with Crippen LogP contribution in [-0.2, 0) is 11.3 Å². The molecule has 1 aliphatic rings. The normalized spacial score (nSPS) is 14.5. The van der Waals surface area contributed by atoms with Crippen LogP contribution in [-0.4, -0.2) is 32.8 Å². The van der Waals surface area contributed by atoms with E-state index in [1.54, 1.807) is 0 Å². The number of carbonyl (C=O) groups is 1. The lowest BCUT2D eigenvalue weighted by atomic mass is 10.1. The Morgan fingerprint density at radius 1 is 1.13 bits per heavy atom. The lowest BCUT2D eigenvalue weighted by molar-refractivity contribution is -0.131. The first-order valence-electron chi connectivity index (χ1n) is 10.4. The molecule has 30 heavy (non-hydrogen) atoms. The van der Waals surface area contributed by atoms with Gasteiger partial charge in [0.2, 0.25) is 11.8 Å². The van der Waals surface area contributed by atoms with E-state index in [1.807, 2.05) is 49.1 Å². The van der Waals surface area contributed by atoms with Gasteiger partial charge >= 0.3 is 0 Å². The summed E-state index contributed by atoms with van der Waals surface area (Å²) in [4.78, 5) is 15.1. The van der Waals surface area contributed by atoms with Crippen LogP contribution in [0.25, 0.3) is 11.5 Å². The van der Waals surface area contributed by atoms with E-state index in [-0.39, 0.29) is 11.9 Å². The average Bonchev–Trinajstić information content (AvgIpc) is 3.47. The van der Waals surface area contributed by atoms with Crippen LogP contribution in [0.5, 0.6) is 0 Å². The molecule has 1 fully saturated rings. The van der Waals surface area contributed by atoms with Crippen molar-refractivity contribution in [2.75, 3.05) is 5.75 Å². The van der Waals surface area contributed by atoms with E-state index in [4.69, 9.17) is 4.42 Å². The number of thioether (sulfide) groups is 1. The van der Waals surface area contributed by atoms with Gasteiger partial charge in [0.25, 0.3) is 5.22 Å². The fourth-order valence-electron chi connectivity index (χ4n) is 3.76. The van der Waals surface area contributed by atoms with E-state index in [9.17, 15) is 4.79 Å². The summed E-state index contributed by atoms with van der Waals surface area (Å²) in [5.41, 5.74) is 4.36. The van der Waals surface area contributed by atoms with Crippen molar-refractivity contribution in [3.63, 3.8) is 0 Å². The SMILES string of the molecule is Cc1cc(C)cc(-c2nnc(SCC(=O)N(Cc3ccccc3)C(C)C3CC3)o2)c1. The third-order valence-corrected chi connectivity index (χ3v) is 6.31. The molecule has 2 aromatic carbocycles. The van der Waals surface area contributed by atoms with Crippen LogP contribution in [0.15, 0.2) is 58.2 Å². The zero-order valence-corrected chi connectivity index (χ0v) is 18.5. The first kappa shape index (κ1) is 20.7. The van der Waals surface area contributed by atoms with Gasteiger partial charge in [-0.1, -0.05) is 59.3 Å². The molecule has 5 nitrogen and oxygen atoms in total. The molecule has 1 saturated carbocycles. The maximum Gasteiger partial charge on any atom is 0.277 e. The highest BCUT2D eigenvalue weighted by Crippen LogP contribution is 2.36. The van der Waals surface area contributed by atoms with Crippen LogP contribution in [0.3, 0.4) is 0 Å². The summed E-state index contributed by atoms with van der Waals surface area (Å²) in [6.07, 6.45) is 2.41. The van der Waals surface area contributed by atoms with Crippen LogP contribution >= 0.6 is 11.8 Å². The molecule has 1 aromatic heterocycles. The molecule has 3 aromatic rings. The lowest BCUT2D eigenvalue weighted by Crippen LogP contribution is -2.40. The molecule has 6 heteroatoms. The second-order valence-corrected chi connectivity index (χ2v) is 9.05. The Morgan fingerprint density at radius 3 is 2.50 bits per heavy atom. The van der Waals surface area contributed by atoms with E-state index < -0.39 is 0 Å². The zero-order chi connectivity index (χ0) is 21.1. The maximum absolute atomic E-state index is 13.1. The summed E-state index contributed by atoms with van der Waals surface area (Å²) in [6.45, 7) is 6.89. The van der Waals surface area contributed by atoms with Gasteiger partial charge in [0.1, 0.15) is 0 Å². The van der Waals surface area contributed by atoms with Gasteiger partial charge in [0, 0.05) is 18.2 Å². The van der Waals surface area contributed by atoms with Crippen molar-refractivity contribution in [1.82, 2.24) is 15.1 Å². The summed E-state index contributed by atoms with van der Waals surface area (Å²) in [5.74, 6) is 1.50. The number of nitrogens with zero attached hydrogens (tertiary/aromatic N) is 3. The number of aryl methyl sites for hydroxylation is 2. The highest BCUT2D eigenvalue weighted by Gasteiger charge is 2.34. The van der Waals surface area contributed by atoms with Crippen molar-refractivity contribution in [3.8, 4) is 11.5 Å². The molecule has 0 N–H and O–H groups in total. The van der Waals surface area contributed by atoms with Gasteiger partial charge in [-0.3, -0.25) is 4.79 Å². The van der Waals surface area contributed by atoms with Crippen LogP contribution in [0.4, 0.5) is 0 Å². The molecule has 1 aliphatic carbocycles. The zero-order valence-electron chi connectivity index (χ0n) is 17.7. The third-order valence-electron chi connectivity index (χ3n) is 5.51. The summed E-state index contributed by atoms with van der Waals surface area (Å²) in [7, 11) is 0. The number of benzene rings is 2. The Labute approximate surface area is 181 Å². The van der Waals surface area contributed by atoms with Gasteiger partial charge in [-0.25, -0.2) is 0 Å². The number of carbonyl (C=O) groups excluding carboxylic acids is 1. The Kier molecular flexibility index (Phi) is 6.23. The van der Waals surface area contributed by atoms with Crippen molar-refractivity contribution < 1.29 is 9.21 Å². The third kappa shape index (κ3) is 5.11. The first-order valence-corrected chi connectivity index (χ1v) is 11.4. The molecule has 1 unspecified atom stereocenters. The van der Waals surface area contributed by atoms with Crippen molar-refractivity contribution in [3.05, 3.63) is 65.2 Å². The molecule has 156 valence electrons. The van der Waals surface area contributed by atoms with Crippen molar-refractivity contribution in [2.24, 2.45) is 5.92 Å². The van der Waals surface area contributed by atoms with E-state index in [0.717, 1.165) is 22.3 Å². The molecular formula is C24H27N3O2S. The Morgan fingerprint density at radius 2 is 1.83 bits per heavy atom. The van der Waals surface area contributed by atoms with Crippen LogP contribution in [0, 0.1) is 19.8 Å². The fourth-order valence-corrected chi connectivity index (χ4v) is 4.41. The highest BCUT2D eigenvalue weighted by molar-refractivity contribution is 7.99. The molecule has 1 heterocycles. The number of aromatic nitrogens is 2. The topological polar surface area (TPSA) is 59.2 Å². The second kappa shape index (κ2) is 9.04. The monoisotopic (exact) mass is 421 g/mol. The molecule has 0 saturated heterocycles. The summed E-state index contributed by atoms with van der Waals surface area (Å²) in [5, 5.41) is 8.73. The van der Waals surface area contributed by atoms with Gasteiger partial charge in [-0.15, -0.1) is 10.2 Å². The lowest BCUT2D eigenvalue weighted by Gasteiger charge is -2.29. The smallest absolute Gasteiger partial charge is 0.277 e. The van der Waals surface area contributed by atoms with Gasteiger partial charge in [-0.2, -0.15) is 0 Å². The largest absolute Gasteiger partial charge is 0.411 e. The quantitative estimate of drug-likeness (QED) is 0.464. The molecular weight excluding hydrogens is 394 g/mol. The van der Waals surface area contributed by atoms with Crippen LogP contribution in [0.2, 0.25) is 0 Å². The maximum atomic E-state index is 13.1. The molecule has 0 bridgehead atoms. The van der Waals surface area contributed by atoms with Crippen molar-refractivity contribution >= 4 is 17.7 Å².